The van der Waals surface area contributed by atoms with Crippen molar-refractivity contribution in [3.8, 4) is 11.5 Å². The average Bonchev–Trinajstić information content (AvgIpc) is 3.15. The predicted octanol–water partition coefficient (Wildman–Crippen LogP) is 5.97. The Balaban J connectivity index is 1.56. The molecule has 4 rings (SSSR count). The number of rotatable bonds is 6. The van der Waals surface area contributed by atoms with Gasteiger partial charge in [0, 0.05) is 5.02 Å². The lowest BCUT2D eigenvalue weighted by Gasteiger charge is -2.11. The quantitative estimate of drug-likeness (QED) is 0.301. The van der Waals surface area contributed by atoms with E-state index >= 15 is 0 Å². The minimum absolute atomic E-state index is 0.0246. The summed E-state index contributed by atoms with van der Waals surface area (Å²) in [6.45, 7) is 1.86. The number of aliphatic imine (C=N–C) groups is 1. The summed E-state index contributed by atoms with van der Waals surface area (Å²) in [6.07, 6.45) is 1.63. The van der Waals surface area contributed by atoms with Gasteiger partial charge in [0.2, 0.25) is 0 Å². The number of thioether (sulfide) groups is 1. The number of hydrogen-bond donors (Lipinski definition) is 1. The number of nitrogens with zero attached hydrogens (tertiary/aromatic N) is 1. The van der Waals surface area contributed by atoms with E-state index in [1.165, 1.54) is 25.3 Å². The summed E-state index contributed by atoms with van der Waals surface area (Å²) in [7, 11) is -2.65. The molecule has 1 N–H and O–H groups in total. The number of methoxy groups -OCH3 is 1. The normalized spacial score (nSPS) is 15.9. The van der Waals surface area contributed by atoms with Crippen LogP contribution in [0, 0.1) is 6.92 Å². The second kappa shape index (κ2) is 10.3. The molecule has 1 heterocycles. The van der Waals surface area contributed by atoms with Crippen LogP contribution in [0.1, 0.15) is 11.1 Å². The van der Waals surface area contributed by atoms with Crippen molar-refractivity contribution in [2.75, 3.05) is 7.11 Å². The van der Waals surface area contributed by atoms with Crippen LogP contribution in [0.25, 0.3) is 6.08 Å². The molecule has 0 atom stereocenters. The van der Waals surface area contributed by atoms with Gasteiger partial charge in [-0.05, 0) is 72.8 Å². The van der Waals surface area contributed by atoms with Crippen LogP contribution < -0.4 is 14.2 Å². The van der Waals surface area contributed by atoms with Gasteiger partial charge in [0.25, 0.3) is 5.91 Å². The summed E-state index contributed by atoms with van der Waals surface area (Å²) in [5.41, 5.74) is 1.96. The molecule has 0 aromatic heterocycles. The van der Waals surface area contributed by atoms with Crippen LogP contribution in [0.15, 0.2) is 75.5 Å². The minimum atomic E-state index is -4.05. The Labute approximate surface area is 216 Å². The number of benzene rings is 3. The average molecular weight is 549 g/mol. The maximum atomic E-state index is 12.6. The molecule has 0 bridgehead atoms. The van der Waals surface area contributed by atoms with E-state index < -0.39 is 10.1 Å². The lowest BCUT2D eigenvalue weighted by Crippen LogP contribution is -2.19. The Morgan fingerprint density at radius 2 is 1.74 bits per heavy atom. The highest BCUT2D eigenvalue weighted by Gasteiger charge is 2.25. The molecular formula is C24H18Cl2N2O5S2. The molecule has 0 radical (unpaired) electrons. The molecule has 35 heavy (non-hydrogen) atoms. The fraction of sp³-hybridized carbons (Fsp3) is 0.0833. The van der Waals surface area contributed by atoms with E-state index in [2.05, 4.69) is 10.3 Å². The van der Waals surface area contributed by atoms with Gasteiger partial charge < -0.3 is 14.2 Å². The van der Waals surface area contributed by atoms with Crippen LogP contribution in [-0.4, -0.2) is 26.6 Å². The molecule has 3 aromatic rings. The zero-order chi connectivity index (χ0) is 25.2. The van der Waals surface area contributed by atoms with Gasteiger partial charge in [-0.25, -0.2) is 4.99 Å². The summed E-state index contributed by atoms with van der Waals surface area (Å²) in [6, 6.07) is 15.8. The highest BCUT2D eigenvalue weighted by Crippen LogP contribution is 2.35. The Bertz CT molecular complexity index is 1470. The molecular weight excluding hydrogens is 531 g/mol. The van der Waals surface area contributed by atoms with E-state index in [4.69, 9.17) is 32.1 Å². The Kier molecular flexibility index (Phi) is 7.42. The van der Waals surface area contributed by atoms with Crippen LogP contribution >= 0.6 is 35.0 Å². The fourth-order valence-corrected chi connectivity index (χ4v) is 5.13. The first kappa shape index (κ1) is 25.1. The van der Waals surface area contributed by atoms with E-state index in [0.29, 0.717) is 31.4 Å². The van der Waals surface area contributed by atoms with Crippen molar-refractivity contribution in [2.45, 2.75) is 11.8 Å². The molecule has 11 heteroatoms. The minimum Gasteiger partial charge on any atom is -0.493 e. The first-order valence-electron chi connectivity index (χ1n) is 10.1. The van der Waals surface area contributed by atoms with Crippen molar-refractivity contribution in [1.29, 1.82) is 0 Å². The molecule has 0 unspecified atom stereocenters. The maximum absolute atomic E-state index is 12.6. The number of halogens is 2. The molecule has 1 fully saturated rings. The Morgan fingerprint density at radius 3 is 2.46 bits per heavy atom. The molecule has 1 amide bonds. The number of nitrogens with one attached hydrogen (secondary N) is 1. The molecule has 1 aliphatic rings. The lowest BCUT2D eigenvalue weighted by atomic mass is 10.2. The zero-order valence-electron chi connectivity index (χ0n) is 18.4. The molecule has 0 spiro atoms. The zero-order valence-corrected chi connectivity index (χ0v) is 21.6. The van der Waals surface area contributed by atoms with Gasteiger partial charge in [-0.3, -0.25) is 4.79 Å². The third-order valence-corrected chi connectivity index (χ3v) is 7.49. The van der Waals surface area contributed by atoms with Gasteiger partial charge in [-0.15, -0.1) is 0 Å². The van der Waals surface area contributed by atoms with Crippen molar-refractivity contribution >= 4 is 67.9 Å². The van der Waals surface area contributed by atoms with Gasteiger partial charge in [0.15, 0.2) is 16.7 Å². The van der Waals surface area contributed by atoms with Crippen molar-refractivity contribution in [3.63, 3.8) is 0 Å². The SMILES string of the molecule is COc1cc(/C=C2/SC(=Nc3cc(Cl)ccc3Cl)NC2=O)ccc1OS(=O)(=O)c1ccc(C)cc1. The predicted molar refractivity (Wildman–Crippen MR) is 139 cm³/mol. The van der Waals surface area contributed by atoms with E-state index in [1.807, 2.05) is 6.92 Å². The van der Waals surface area contributed by atoms with Crippen LogP contribution in [0.5, 0.6) is 11.5 Å². The third kappa shape index (κ3) is 5.99. The summed E-state index contributed by atoms with van der Waals surface area (Å²) in [5, 5.41) is 3.90. The van der Waals surface area contributed by atoms with Crippen LogP contribution in [-0.2, 0) is 14.9 Å². The van der Waals surface area contributed by atoms with Gasteiger partial charge in [0.05, 0.1) is 22.7 Å². The van der Waals surface area contributed by atoms with E-state index in [-0.39, 0.29) is 22.3 Å². The molecule has 180 valence electrons. The smallest absolute Gasteiger partial charge is 0.339 e. The number of amidine groups is 1. The van der Waals surface area contributed by atoms with E-state index in [0.717, 1.165) is 17.3 Å². The summed E-state index contributed by atoms with van der Waals surface area (Å²) >= 11 is 13.3. The van der Waals surface area contributed by atoms with Crippen molar-refractivity contribution in [1.82, 2.24) is 5.32 Å². The second-order valence-electron chi connectivity index (χ2n) is 7.34. The number of hydrogen-bond acceptors (Lipinski definition) is 7. The number of carbonyl (C=O) groups excluding carboxylic acids is 1. The van der Waals surface area contributed by atoms with Crippen LogP contribution in [0.2, 0.25) is 10.0 Å². The van der Waals surface area contributed by atoms with Gasteiger partial charge in [0.1, 0.15) is 4.90 Å². The second-order valence-corrected chi connectivity index (χ2v) is 10.8. The van der Waals surface area contributed by atoms with Gasteiger partial charge >= 0.3 is 10.1 Å². The maximum Gasteiger partial charge on any atom is 0.339 e. The summed E-state index contributed by atoms with van der Waals surface area (Å²) < 4.78 is 35.9. The highest BCUT2D eigenvalue weighted by molar-refractivity contribution is 8.18. The Morgan fingerprint density at radius 1 is 1.00 bits per heavy atom. The topological polar surface area (TPSA) is 94.1 Å². The fourth-order valence-electron chi connectivity index (χ4n) is 3.03. The molecule has 0 aliphatic carbocycles. The van der Waals surface area contributed by atoms with Crippen LogP contribution in [0.3, 0.4) is 0 Å². The monoisotopic (exact) mass is 548 g/mol. The van der Waals surface area contributed by atoms with Crippen molar-refractivity contribution in [3.05, 3.63) is 86.7 Å². The standard InChI is InChI=1S/C24H18Cl2N2O5S2/c1-14-3-7-17(8-4-14)35(30,31)33-20-10-5-15(11-21(20)32-2)12-22-23(29)28-24(34-22)27-19-13-16(25)6-9-18(19)26/h3-13H,1-2H3,(H,27,28,29)/b22-12+. The molecule has 3 aromatic carbocycles. The first-order chi connectivity index (χ1) is 16.6. The van der Waals surface area contributed by atoms with Crippen LogP contribution in [0.4, 0.5) is 5.69 Å². The molecule has 7 nitrogen and oxygen atoms in total. The summed E-state index contributed by atoms with van der Waals surface area (Å²) in [5.74, 6) is -0.122. The molecule has 1 saturated heterocycles. The lowest BCUT2D eigenvalue weighted by molar-refractivity contribution is -0.115. The first-order valence-corrected chi connectivity index (χ1v) is 13.1. The third-order valence-electron chi connectivity index (χ3n) is 4.78. The molecule has 1 aliphatic heterocycles. The number of ether oxygens (including phenoxy) is 1. The van der Waals surface area contributed by atoms with Gasteiger partial charge in [-0.2, -0.15) is 8.42 Å². The van der Waals surface area contributed by atoms with E-state index in [1.54, 1.807) is 48.5 Å². The number of aryl methyl sites for hydroxylation is 1. The van der Waals surface area contributed by atoms with Crippen molar-refractivity contribution < 1.29 is 22.1 Å². The number of amides is 1. The largest absolute Gasteiger partial charge is 0.493 e. The Hall–Kier alpha value is -2.98. The van der Waals surface area contributed by atoms with Gasteiger partial charge in [-0.1, -0.05) is 47.0 Å². The van der Waals surface area contributed by atoms with E-state index in [9.17, 15) is 13.2 Å². The highest BCUT2D eigenvalue weighted by atomic mass is 35.5. The number of carbonyl (C=O) groups is 1. The molecule has 0 saturated carbocycles. The van der Waals surface area contributed by atoms with Crippen molar-refractivity contribution in [2.24, 2.45) is 4.99 Å². The summed E-state index contributed by atoms with van der Waals surface area (Å²) in [4.78, 5) is 17.2.